The van der Waals surface area contributed by atoms with Gasteiger partial charge in [-0.05, 0) is 80.0 Å². The predicted molar refractivity (Wildman–Crippen MR) is 149 cm³/mol. The van der Waals surface area contributed by atoms with Crippen LogP contribution in [0, 0.1) is 11.8 Å². The predicted octanol–water partition coefficient (Wildman–Crippen LogP) is 5.39. The summed E-state index contributed by atoms with van der Waals surface area (Å²) in [6.07, 6.45) is 6.69. The Labute approximate surface area is 231 Å². The van der Waals surface area contributed by atoms with E-state index in [0.717, 1.165) is 49.6 Å². The summed E-state index contributed by atoms with van der Waals surface area (Å²) < 4.78 is 16.5. The standard InChI is InChI=1S/C32H41NO6/c1-37-28-12-8-23(9-13-28)29(35)6-4-2-3-5-27(34)18-25(21-33-20-22-7-11-26(33)17-22)32(36)24-10-14-30-31(19-24)39-16-15-38-30/h8-10,12-14,19,22,25-26,32,36H,2-7,11,15-18,20-21H2,1H3/t22?,25-,26+,32-/m1/s1. The van der Waals surface area contributed by atoms with E-state index in [-0.39, 0.29) is 17.5 Å². The molecule has 2 aromatic carbocycles. The van der Waals surface area contributed by atoms with Gasteiger partial charge in [0.15, 0.2) is 17.3 Å². The van der Waals surface area contributed by atoms with E-state index in [2.05, 4.69) is 4.90 Å². The normalized spacial score (nSPS) is 21.5. The van der Waals surface area contributed by atoms with Gasteiger partial charge in [0.25, 0.3) is 0 Å². The van der Waals surface area contributed by atoms with Gasteiger partial charge in [0.1, 0.15) is 24.7 Å². The van der Waals surface area contributed by atoms with E-state index in [9.17, 15) is 14.7 Å². The first kappa shape index (κ1) is 27.7. The Morgan fingerprint density at radius 2 is 1.77 bits per heavy atom. The van der Waals surface area contributed by atoms with Crippen molar-refractivity contribution in [2.75, 3.05) is 33.4 Å². The van der Waals surface area contributed by atoms with Gasteiger partial charge < -0.3 is 19.3 Å². The summed E-state index contributed by atoms with van der Waals surface area (Å²) in [5.74, 6) is 2.99. The Morgan fingerprint density at radius 3 is 2.49 bits per heavy atom. The van der Waals surface area contributed by atoms with Gasteiger partial charge in [-0.3, -0.25) is 14.5 Å². The SMILES string of the molecule is COc1ccc(C(=O)CCCCCC(=O)C[C@H](CN2CC3CC[C@H]2C3)[C@H](O)c2ccc3c(c2)OCCO3)cc1. The molecule has 4 atom stereocenters. The molecule has 0 amide bonds. The highest BCUT2D eigenvalue weighted by atomic mass is 16.6. The number of unbranched alkanes of at least 4 members (excludes halogenated alkanes) is 2. The van der Waals surface area contributed by atoms with Crippen molar-refractivity contribution in [3.8, 4) is 17.2 Å². The van der Waals surface area contributed by atoms with Crippen molar-refractivity contribution in [3.63, 3.8) is 0 Å². The number of piperidine rings is 1. The molecule has 2 aromatic rings. The molecular weight excluding hydrogens is 494 g/mol. The van der Waals surface area contributed by atoms with Gasteiger partial charge in [-0.1, -0.05) is 12.5 Å². The summed E-state index contributed by atoms with van der Waals surface area (Å²) in [5.41, 5.74) is 1.47. The molecule has 1 unspecified atom stereocenters. The molecular formula is C32H41NO6. The minimum Gasteiger partial charge on any atom is -0.497 e. The average Bonchev–Trinajstić information content (AvgIpc) is 3.59. The molecule has 5 rings (SSSR count). The van der Waals surface area contributed by atoms with Crippen LogP contribution in [0.4, 0.5) is 0 Å². The highest BCUT2D eigenvalue weighted by Crippen LogP contribution is 2.40. The van der Waals surface area contributed by atoms with E-state index in [4.69, 9.17) is 14.2 Å². The van der Waals surface area contributed by atoms with Gasteiger partial charge in [0, 0.05) is 49.9 Å². The summed E-state index contributed by atoms with van der Waals surface area (Å²) in [6.45, 7) is 2.83. The molecule has 7 nitrogen and oxygen atoms in total. The number of methoxy groups -OCH3 is 1. The van der Waals surface area contributed by atoms with Crippen molar-refractivity contribution in [1.29, 1.82) is 0 Å². The highest BCUT2D eigenvalue weighted by Gasteiger charge is 2.39. The lowest BCUT2D eigenvalue weighted by Crippen LogP contribution is -2.38. The zero-order valence-electron chi connectivity index (χ0n) is 23.0. The third kappa shape index (κ3) is 7.00. The zero-order chi connectivity index (χ0) is 27.2. The lowest BCUT2D eigenvalue weighted by molar-refractivity contribution is -0.121. The van der Waals surface area contributed by atoms with Crippen LogP contribution in [-0.2, 0) is 4.79 Å². The van der Waals surface area contributed by atoms with Crippen molar-refractivity contribution in [2.45, 2.75) is 69.9 Å². The maximum absolute atomic E-state index is 13.1. The number of ketones is 2. The molecule has 0 aromatic heterocycles. The number of carbonyl (C=O) groups is 2. The summed E-state index contributed by atoms with van der Waals surface area (Å²) in [7, 11) is 1.61. The Bertz CT molecular complexity index is 1130. The smallest absolute Gasteiger partial charge is 0.162 e. The largest absolute Gasteiger partial charge is 0.497 e. The number of fused-ring (bicyclic) bond motifs is 3. The van der Waals surface area contributed by atoms with Gasteiger partial charge >= 0.3 is 0 Å². The van der Waals surface area contributed by atoms with Crippen LogP contribution in [0.1, 0.15) is 79.8 Å². The van der Waals surface area contributed by atoms with Crippen LogP contribution >= 0.6 is 0 Å². The zero-order valence-corrected chi connectivity index (χ0v) is 23.0. The number of rotatable bonds is 14. The van der Waals surface area contributed by atoms with Gasteiger partial charge in [0.2, 0.25) is 0 Å². The molecule has 210 valence electrons. The molecule has 1 saturated carbocycles. The molecule has 2 aliphatic heterocycles. The molecule has 1 aliphatic carbocycles. The second-order valence-corrected chi connectivity index (χ2v) is 11.3. The maximum Gasteiger partial charge on any atom is 0.162 e. The van der Waals surface area contributed by atoms with Gasteiger partial charge in [-0.25, -0.2) is 0 Å². The van der Waals surface area contributed by atoms with Crippen LogP contribution in [0.3, 0.4) is 0 Å². The van der Waals surface area contributed by atoms with E-state index in [0.29, 0.717) is 55.6 Å². The lowest BCUT2D eigenvalue weighted by atomic mass is 9.88. The molecule has 39 heavy (non-hydrogen) atoms. The summed E-state index contributed by atoms with van der Waals surface area (Å²) >= 11 is 0. The summed E-state index contributed by atoms with van der Waals surface area (Å²) in [4.78, 5) is 28.0. The number of nitrogens with zero attached hydrogens (tertiary/aromatic N) is 1. The monoisotopic (exact) mass is 535 g/mol. The van der Waals surface area contributed by atoms with Crippen LogP contribution < -0.4 is 14.2 Å². The van der Waals surface area contributed by atoms with E-state index < -0.39 is 6.10 Å². The van der Waals surface area contributed by atoms with E-state index in [1.54, 1.807) is 31.4 Å². The quantitative estimate of drug-likeness (QED) is 0.256. The Hall–Kier alpha value is -2.90. The molecule has 2 heterocycles. The lowest BCUT2D eigenvalue weighted by Gasteiger charge is -2.33. The average molecular weight is 536 g/mol. The van der Waals surface area contributed by atoms with E-state index >= 15 is 0 Å². The van der Waals surface area contributed by atoms with Crippen LogP contribution in [-0.4, -0.2) is 61.0 Å². The number of hydrogen-bond acceptors (Lipinski definition) is 7. The van der Waals surface area contributed by atoms with Crippen LogP contribution in [0.5, 0.6) is 17.2 Å². The van der Waals surface area contributed by atoms with Crippen molar-refractivity contribution in [2.24, 2.45) is 11.8 Å². The van der Waals surface area contributed by atoms with Crippen molar-refractivity contribution < 1.29 is 28.9 Å². The Balaban J connectivity index is 1.13. The van der Waals surface area contributed by atoms with E-state index in [1.807, 2.05) is 18.2 Å². The number of hydrogen-bond donors (Lipinski definition) is 1. The number of likely N-dealkylation sites (tertiary alicyclic amines) is 1. The number of benzene rings is 2. The fraction of sp³-hybridized carbons (Fsp3) is 0.562. The fourth-order valence-electron chi connectivity index (χ4n) is 6.44. The van der Waals surface area contributed by atoms with Crippen LogP contribution in [0.2, 0.25) is 0 Å². The number of ether oxygens (including phenoxy) is 3. The van der Waals surface area contributed by atoms with Crippen LogP contribution in [0.25, 0.3) is 0 Å². The minimum absolute atomic E-state index is 0.117. The van der Waals surface area contributed by atoms with Gasteiger partial charge in [0.05, 0.1) is 13.2 Å². The first-order valence-electron chi connectivity index (χ1n) is 14.5. The maximum atomic E-state index is 13.1. The molecule has 2 fully saturated rings. The molecule has 2 bridgehead atoms. The first-order chi connectivity index (χ1) is 19.0. The van der Waals surface area contributed by atoms with Gasteiger partial charge in [-0.15, -0.1) is 0 Å². The topological polar surface area (TPSA) is 85.3 Å². The molecule has 0 radical (unpaired) electrons. The molecule has 0 spiro atoms. The van der Waals surface area contributed by atoms with Crippen molar-refractivity contribution >= 4 is 11.6 Å². The molecule has 7 heteroatoms. The highest BCUT2D eigenvalue weighted by molar-refractivity contribution is 5.96. The van der Waals surface area contributed by atoms with Crippen molar-refractivity contribution in [3.05, 3.63) is 53.6 Å². The number of Topliss-reactive ketones (excluding diaryl/α,β-unsaturated/α-hetero) is 2. The van der Waals surface area contributed by atoms with Gasteiger partial charge in [-0.2, -0.15) is 0 Å². The second-order valence-electron chi connectivity index (χ2n) is 11.3. The molecule has 1 N–H and O–H groups in total. The number of aliphatic hydroxyl groups excluding tert-OH is 1. The van der Waals surface area contributed by atoms with Crippen LogP contribution in [0.15, 0.2) is 42.5 Å². The third-order valence-electron chi connectivity index (χ3n) is 8.61. The van der Waals surface area contributed by atoms with Crippen molar-refractivity contribution in [1.82, 2.24) is 4.90 Å². The number of aliphatic hydroxyl groups is 1. The van der Waals surface area contributed by atoms with E-state index in [1.165, 1.54) is 19.3 Å². The first-order valence-corrected chi connectivity index (χ1v) is 14.5. The Kier molecular flexibility index (Phi) is 9.20. The second kappa shape index (κ2) is 13.0. The third-order valence-corrected chi connectivity index (χ3v) is 8.61. The molecule has 3 aliphatic rings. The summed E-state index contributed by atoms with van der Waals surface area (Å²) in [6, 6.07) is 13.4. The minimum atomic E-state index is -0.744. The summed E-state index contributed by atoms with van der Waals surface area (Å²) in [5, 5.41) is 11.5. The number of carbonyl (C=O) groups excluding carboxylic acids is 2. The molecule has 1 saturated heterocycles. The Morgan fingerprint density at radius 1 is 1.00 bits per heavy atom. The fourth-order valence-corrected chi connectivity index (χ4v) is 6.44.